The van der Waals surface area contributed by atoms with Crippen molar-refractivity contribution in [3.05, 3.63) is 29.3 Å². The van der Waals surface area contributed by atoms with E-state index in [0.29, 0.717) is 12.0 Å². The van der Waals surface area contributed by atoms with E-state index in [1.165, 1.54) is 36.8 Å². The van der Waals surface area contributed by atoms with Crippen LogP contribution in [0.1, 0.15) is 49.3 Å². The van der Waals surface area contributed by atoms with Gasteiger partial charge < -0.3 is 15.2 Å². The summed E-state index contributed by atoms with van der Waals surface area (Å²) in [5.41, 5.74) is 2.84. The second-order valence-electron chi connectivity index (χ2n) is 6.18. The fourth-order valence-electron chi connectivity index (χ4n) is 3.67. The summed E-state index contributed by atoms with van der Waals surface area (Å²) in [6.45, 7) is 0.933. The van der Waals surface area contributed by atoms with Crippen LogP contribution in [0.5, 0.6) is 5.75 Å². The quantitative estimate of drug-likeness (QED) is 0.888. The van der Waals surface area contributed by atoms with E-state index in [9.17, 15) is 5.11 Å². The Balaban J connectivity index is 1.69. The molecule has 1 aromatic carbocycles. The number of benzene rings is 1. The molecule has 0 amide bonds. The van der Waals surface area contributed by atoms with E-state index in [2.05, 4.69) is 23.5 Å². The minimum atomic E-state index is -0.101. The maximum atomic E-state index is 9.94. The molecular formula is C17H25NO2. The van der Waals surface area contributed by atoms with Gasteiger partial charge in [0.1, 0.15) is 5.75 Å². The Bertz CT molecular complexity index is 460. The molecule has 2 aliphatic rings. The Hall–Kier alpha value is -1.06. The molecule has 3 unspecified atom stereocenters. The third-order valence-corrected chi connectivity index (χ3v) is 4.91. The molecule has 0 aliphatic heterocycles. The predicted molar refractivity (Wildman–Crippen MR) is 80.0 cm³/mol. The average Bonchev–Trinajstić information content (AvgIpc) is 2.89. The number of rotatable bonds is 4. The van der Waals surface area contributed by atoms with Gasteiger partial charge in [0, 0.05) is 12.6 Å². The van der Waals surface area contributed by atoms with Crippen LogP contribution in [-0.4, -0.2) is 24.9 Å². The van der Waals surface area contributed by atoms with E-state index in [1.807, 2.05) is 0 Å². The van der Waals surface area contributed by atoms with Gasteiger partial charge in [-0.25, -0.2) is 0 Å². The van der Waals surface area contributed by atoms with Gasteiger partial charge in [0.05, 0.1) is 13.2 Å². The lowest BCUT2D eigenvalue weighted by atomic mass is 9.87. The third-order valence-electron chi connectivity index (χ3n) is 4.91. The predicted octanol–water partition coefficient (Wildman–Crippen LogP) is 2.82. The van der Waals surface area contributed by atoms with E-state index in [4.69, 9.17) is 4.74 Å². The minimum absolute atomic E-state index is 0.101. The van der Waals surface area contributed by atoms with Crippen LogP contribution in [0.25, 0.3) is 0 Å². The number of aliphatic hydroxyl groups is 1. The van der Waals surface area contributed by atoms with Gasteiger partial charge in [0.2, 0.25) is 0 Å². The van der Waals surface area contributed by atoms with Crippen molar-refractivity contribution < 1.29 is 9.84 Å². The molecule has 3 nitrogen and oxygen atoms in total. The van der Waals surface area contributed by atoms with Gasteiger partial charge >= 0.3 is 0 Å². The summed E-state index contributed by atoms with van der Waals surface area (Å²) in [5.74, 6) is 1.38. The Kier molecular flexibility index (Phi) is 4.27. The van der Waals surface area contributed by atoms with Crippen molar-refractivity contribution in [1.29, 1.82) is 0 Å². The lowest BCUT2D eigenvalue weighted by molar-refractivity contribution is 0.129. The second-order valence-corrected chi connectivity index (χ2v) is 6.18. The summed E-state index contributed by atoms with van der Waals surface area (Å²) in [7, 11) is 1.72. The number of ether oxygens (including phenoxy) is 1. The summed E-state index contributed by atoms with van der Waals surface area (Å²) in [6.07, 6.45) is 6.79. The van der Waals surface area contributed by atoms with E-state index in [0.717, 1.165) is 25.1 Å². The molecule has 1 fully saturated rings. The highest BCUT2D eigenvalue weighted by Gasteiger charge is 2.27. The molecule has 3 rings (SSSR count). The number of hydrogen-bond donors (Lipinski definition) is 2. The first kappa shape index (κ1) is 13.9. The molecule has 0 saturated heterocycles. The van der Waals surface area contributed by atoms with Crippen molar-refractivity contribution in [2.24, 2.45) is 5.92 Å². The number of methoxy groups -OCH3 is 1. The van der Waals surface area contributed by atoms with Gasteiger partial charge in [-0.2, -0.15) is 0 Å². The highest BCUT2D eigenvalue weighted by molar-refractivity contribution is 5.39. The van der Waals surface area contributed by atoms with E-state index in [-0.39, 0.29) is 6.10 Å². The largest absolute Gasteiger partial charge is 0.497 e. The van der Waals surface area contributed by atoms with E-state index in [1.54, 1.807) is 7.11 Å². The maximum absolute atomic E-state index is 9.94. The first-order valence-electron chi connectivity index (χ1n) is 7.86. The third kappa shape index (κ3) is 2.84. The Morgan fingerprint density at radius 2 is 2.15 bits per heavy atom. The van der Waals surface area contributed by atoms with Crippen LogP contribution in [-0.2, 0) is 6.42 Å². The van der Waals surface area contributed by atoms with Gasteiger partial charge in [-0.15, -0.1) is 0 Å². The van der Waals surface area contributed by atoms with Gasteiger partial charge in [-0.05, 0) is 61.3 Å². The van der Waals surface area contributed by atoms with Crippen molar-refractivity contribution in [2.75, 3.05) is 13.7 Å². The van der Waals surface area contributed by atoms with Crippen molar-refractivity contribution in [3.63, 3.8) is 0 Å². The summed E-state index contributed by atoms with van der Waals surface area (Å²) in [6, 6.07) is 6.85. The number of hydrogen-bond acceptors (Lipinski definition) is 3. The summed E-state index contributed by atoms with van der Waals surface area (Å²) < 4.78 is 5.36. The summed E-state index contributed by atoms with van der Waals surface area (Å²) in [4.78, 5) is 0. The fourth-order valence-corrected chi connectivity index (χ4v) is 3.67. The molecule has 1 saturated carbocycles. The number of aliphatic hydroxyl groups excluding tert-OH is 1. The molecule has 2 N–H and O–H groups in total. The number of nitrogens with one attached hydrogen (secondary N) is 1. The SMILES string of the molecule is COc1ccc2c(c1)C(NCC1CCCC1O)CCC2. The van der Waals surface area contributed by atoms with Crippen molar-refractivity contribution in [2.45, 2.75) is 50.7 Å². The van der Waals surface area contributed by atoms with Crippen LogP contribution >= 0.6 is 0 Å². The normalized spacial score (nSPS) is 29.2. The summed E-state index contributed by atoms with van der Waals surface area (Å²) in [5, 5.41) is 13.6. The monoisotopic (exact) mass is 275 g/mol. The highest BCUT2D eigenvalue weighted by atomic mass is 16.5. The standard InChI is InChI=1S/C17H25NO2/c1-20-14-9-8-12-4-2-6-16(15(12)10-14)18-11-13-5-3-7-17(13)19/h8-10,13,16-19H,2-7,11H2,1H3. The topological polar surface area (TPSA) is 41.5 Å². The zero-order chi connectivity index (χ0) is 13.9. The van der Waals surface area contributed by atoms with E-state index < -0.39 is 0 Å². The van der Waals surface area contributed by atoms with Crippen LogP contribution < -0.4 is 10.1 Å². The van der Waals surface area contributed by atoms with Crippen molar-refractivity contribution >= 4 is 0 Å². The van der Waals surface area contributed by atoms with Crippen LogP contribution in [0.3, 0.4) is 0 Å². The molecule has 110 valence electrons. The summed E-state index contributed by atoms with van der Waals surface area (Å²) >= 11 is 0. The maximum Gasteiger partial charge on any atom is 0.119 e. The van der Waals surface area contributed by atoms with Crippen LogP contribution in [0.2, 0.25) is 0 Å². The fraction of sp³-hybridized carbons (Fsp3) is 0.647. The molecule has 0 aromatic heterocycles. The highest BCUT2D eigenvalue weighted by Crippen LogP contribution is 2.33. The molecule has 0 heterocycles. The van der Waals surface area contributed by atoms with Crippen LogP contribution in [0.15, 0.2) is 18.2 Å². The lowest BCUT2D eigenvalue weighted by Crippen LogP contribution is -2.32. The smallest absolute Gasteiger partial charge is 0.119 e. The molecule has 0 spiro atoms. The van der Waals surface area contributed by atoms with Crippen LogP contribution in [0, 0.1) is 5.92 Å². The van der Waals surface area contributed by atoms with Gasteiger partial charge in [0.15, 0.2) is 0 Å². The molecule has 20 heavy (non-hydrogen) atoms. The molecule has 0 bridgehead atoms. The van der Waals surface area contributed by atoms with Gasteiger partial charge in [-0.3, -0.25) is 0 Å². The van der Waals surface area contributed by atoms with Crippen molar-refractivity contribution in [1.82, 2.24) is 5.32 Å². The second kappa shape index (κ2) is 6.15. The first-order chi connectivity index (χ1) is 9.78. The molecule has 3 atom stereocenters. The van der Waals surface area contributed by atoms with Crippen LogP contribution in [0.4, 0.5) is 0 Å². The molecule has 3 heteroatoms. The van der Waals surface area contributed by atoms with Crippen molar-refractivity contribution in [3.8, 4) is 5.75 Å². The Morgan fingerprint density at radius 3 is 2.90 bits per heavy atom. The number of aryl methyl sites for hydroxylation is 1. The zero-order valence-corrected chi connectivity index (χ0v) is 12.3. The molecule has 1 aromatic rings. The lowest BCUT2D eigenvalue weighted by Gasteiger charge is -2.28. The van der Waals surface area contributed by atoms with Gasteiger partial charge in [0.25, 0.3) is 0 Å². The Morgan fingerprint density at radius 1 is 1.25 bits per heavy atom. The van der Waals surface area contributed by atoms with E-state index >= 15 is 0 Å². The number of fused-ring (bicyclic) bond motifs is 1. The Labute approximate surface area is 121 Å². The average molecular weight is 275 g/mol. The molecule has 0 radical (unpaired) electrons. The zero-order valence-electron chi connectivity index (χ0n) is 12.3. The minimum Gasteiger partial charge on any atom is -0.497 e. The molecular weight excluding hydrogens is 250 g/mol. The molecule has 2 aliphatic carbocycles. The first-order valence-corrected chi connectivity index (χ1v) is 7.86. The van der Waals surface area contributed by atoms with Gasteiger partial charge in [-0.1, -0.05) is 12.5 Å².